The van der Waals surface area contributed by atoms with Gasteiger partial charge in [0, 0.05) is 50.9 Å². The fraction of sp³-hybridized carbons (Fsp3) is 0.409. The van der Waals surface area contributed by atoms with Gasteiger partial charge in [0.1, 0.15) is 17.5 Å². The van der Waals surface area contributed by atoms with E-state index in [1.807, 2.05) is 30.0 Å². The first-order chi connectivity index (χ1) is 14.4. The quantitative estimate of drug-likeness (QED) is 0.558. The molecule has 3 rings (SSSR count). The Morgan fingerprint density at radius 2 is 1.93 bits per heavy atom. The minimum atomic E-state index is -0.579. The zero-order valence-corrected chi connectivity index (χ0v) is 17.6. The van der Waals surface area contributed by atoms with E-state index in [0.717, 1.165) is 18.1 Å². The molecule has 1 fully saturated rings. The zero-order chi connectivity index (χ0) is 21.7. The lowest BCUT2D eigenvalue weighted by atomic mass is 10.1. The van der Waals surface area contributed by atoms with E-state index in [2.05, 4.69) is 15.6 Å². The first kappa shape index (κ1) is 22.0. The normalized spacial score (nSPS) is 17.0. The van der Waals surface area contributed by atoms with Gasteiger partial charge in [-0.3, -0.25) is 4.99 Å². The molecule has 0 saturated carbocycles. The summed E-state index contributed by atoms with van der Waals surface area (Å²) in [5, 5.41) is 6.59. The Bertz CT molecular complexity index is 900. The van der Waals surface area contributed by atoms with E-state index in [9.17, 15) is 13.2 Å². The minimum absolute atomic E-state index is 0.0816. The fourth-order valence-electron chi connectivity index (χ4n) is 3.61. The van der Waals surface area contributed by atoms with Gasteiger partial charge in [0.05, 0.1) is 5.69 Å². The van der Waals surface area contributed by atoms with Crippen LogP contribution in [0.1, 0.15) is 17.5 Å². The van der Waals surface area contributed by atoms with E-state index in [1.54, 1.807) is 13.1 Å². The van der Waals surface area contributed by atoms with Gasteiger partial charge in [-0.05, 0) is 50.3 Å². The number of hydrogen-bond acceptors (Lipinski definition) is 3. The Morgan fingerprint density at radius 1 is 1.13 bits per heavy atom. The predicted octanol–water partition coefficient (Wildman–Crippen LogP) is 3.11. The highest BCUT2D eigenvalue weighted by molar-refractivity contribution is 5.80. The maximum atomic E-state index is 14.0. The molecule has 30 heavy (non-hydrogen) atoms. The molecule has 2 N–H and O–H groups in total. The summed E-state index contributed by atoms with van der Waals surface area (Å²) in [7, 11) is 5.49. The van der Waals surface area contributed by atoms with Crippen LogP contribution in [0.5, 0.6) is 0 Å². The number of halogens is 3. The van der Waals surface area contributed by atoms with Crippen LogP contribution >= 0.6 is 0 Å². The van der Waals surface area contributed by atoms with Crippen LogP contribution in [0.4, 0.5) is 18.9 Å². The first-order valence-electron chi connectivity index (χ1n) is 9.95. The zero-order valence-electron chi connectivity index (χ0n) is 17.6. The lowest BCUT2D eigenvalue weighted by molar-refractivity contribution is 0.392. The second kappa shape index (κ2) is 9.84. The monoisotopic (exact) mass is 419 g/mol. The molecular weight excluding hydrogens is 391 g/mol. The molecule has 2 aromatic carbocycles. The SMILES string of the molecule is CN=C(NCc1ccc(F)c(CN(C)C)c1)NC1CCN(c2ccc(F)cc2F)C1. The number of nitrogens with one attached hydrogen (secondary N) is 2. The molecule has 0 spiro atoms. The van der Waals surface area contributed by atoms with Gasteiger partial charge in [0.15, 0.2) is 5.96 Å². The molecule has 0 aliphatic carbocycles. The lowest BCUT2D eigenvalue weighted by Gasteiger charge is -2.21. The molecule has 0 bridgehead atoms. The van der Waals surface area contributed by atoms with E-state index >= 15 is 0 Å². The molecule has 1 unspecified atom stereocenters. The predicted molar refractivity (Wildman–Crippen MR) is 114 cm³/mol. The maximum absolute atomic E-state index is 14.0. The van der Waals surface area contributed by atoms with E-state index in [0.29, 0.717) is 43.4 Å². The molecule has 5 nitrogen and oxygen atoms in total. The smallest absolute Gasteiger partial charge is 0.191 e. The van der Waals surface area contributed by atoms with Crippen LogP contribution < -0.4 is 15.5 Å². The molecule has 0 amide bonds. The summed E-state index contributed by atoms with van der Waals surface area (Å²) in [6, 6.07) is 8.82. The summed E-state index contributed by atoms with van der Waals surface area (Å²) in [6.45, 7) is 2.30. The highest BCUT2D eigenvalue weighted by atomic mass is 19.1. The van der Waals surface area contributed by atoms with Crippen molar-refractivity contribution in [1.29, 1.82) is 0 Å². The van der Waals surface area contributed by atoms with E-state index in [1.165, 1.54) is 18.2 Å². The Morgan fingerprint density at radius 3 is 2.63 bits per heavy atom. The Hall–Kier alpha value is -2.74. The summed E-state index contributed by atoms with van der Waals surface area (Å²) in [5.74, 6) is -0.721. The van der Waals surface area contributed by atoms with Crippen LogP contribution in [0, 0.1) is 17.5 Å². The van der Waals surface area contributed by atoms with Gasteiger partial charge in [-0.15, -0.1) is 0 Å². The van der Waals surface area contributed by atoms with Crippen LogP contribution in [0.2, 0.25) is 0 Å². The van der Waals surface area contributed by atoms with Crippen LogP contribution in [0.15, 0.2) is 41.4 Å². The van der Waals surface area contributed by atoms with Gasteiger partial charge in [-0.2, -0.15) is 0 Å². The van der Waals surface area contributed by atoms with Crippen molar-refractivity contribution in [2.24, 2.45) is 4.99 Å². The van der Waals surface area contributed by atoms with Crippen molar-refractivity contribution >= 4 is 11.6 Å². The summed E-state index contributed by atoms with van der Waals surface area (Å²) >= 11 is 0. The molecule has 1 atom stereocenters. The average molecular weight is 419 g/mol. The van der Waals surface area contributed by atoms with Crippen molar-refractivity contribution < 1.29 is 13.2 Å². The number of benzene rings is 2. The van der Waals surface area contributed by atoms with E-state index in [-0.39, 0.29) is 11.9 Å². The van der Waals surface area contributed by atoms with Gasteiger partial charge in [0.2, 0.25) is 0 Å². The van der Waals surface area contributed by atoms with E-state index < -0.39 is 11.6 Å². The Balaban J connectivity index is 1.55. The van der Waals surface area contributed by atoms with Crippen molar-refractivity contribution in [1.82, 2.24) is 15.5 Å². The number of guanidine groups is 1. The maximum Gasteiger partial charge on any atom is 0.191 e. The number of anilines is 1. The molecule has 0 radical (unpaired) electrons. The first-order valence-corrected chi connectivity index (χ1v) is 9.95. The van der Waals surface area contributed by atoms with Crippen molar-refractivity contribution in [2.75, 3.05) is 39.1 Å². The largest absolute Gasteiger partial charge is 0.367 e. The molecular formula is C22H28F3N5. The topological polar surface area (TPSA) is 42.9 Å². The second-order valence-electron chi connectivity index (χ2n) is 7.76. The van der Waals surface area contributed by atoms with Gasteiger partial charge < -0.3 is 20.4 Å². The highest BCUT2D eigenvalue weighted by Gasteiger charge is 2.25. The number of nitrogens with zero attached hydrogens (tertiary/aromatic N) is 3. The summed E-state index contributed by atoms with van der Waals surface area (Å²) < 4.78 is 41.1. The molecule has 1 aliphatic rings. The van der Waals surface area contributed by atoms with E-state index in [4.69, 9.17) is 0 Å². The summed E-state index contributed by atoms with van der Waals surface area (Å²) in [4.78, 5) is 8.07. The number of hydrogen-bond donors (Lipinski definition) is 2. The molecule has 1 saturated heterocycles. The van der Waals surface area contributed by atoms with Gasteiger partial charge in [-0.1, -0.05) is 6.07 Å². The summed E-state index contributed by atoms with van der Waals surface area (Å²) in [5.41, 5.74) is 2.01. The molecule has 162 valence electrons. The minimum Gasteiger partial charge on any atom is -0.367 e. The third kappa shape index (κ3) is 5.66. The molecule has 2 aromatic rings. The Labute approximate surface area is 175 Å². The molecule has 1 aliphatic heterocycles. The number of rotatable bonds is 6. The Kier molecular flexibility index (Phi) is 7.20. The van der Waals surface area contributed by atoms with Crippen molar-refractivity contribution in [2.45, 2.75) is 25.6 Å². The lowest BCUT2D eigenvalue weighted by Crippen LogP contribution is -2.44. The van der Waals surface area contributed by atoms with Gasteiger partial charge in [0.25, 0.3) is 0 Å². The second-order valence-corrected chi connectivity index (χ2v) is 7.76. The van der Waals surface area contributed by atoms with Crippen LogP contribution in [0.25, 0.3) is 0 Å². The van der Waals surface area contributed by atoms with Crippen LogP contribution in [-0.2, 0) is 13.1 Å². The summed E-state index contributed by atoms with van der Waals surface area (Å²) in [6.07, 6.45) is 0.807. The van der Waals surface area contributed by atoms with Crippen molar-refractivity contribution in [3.8, 4) is 0 Å². The molecule has 0 aromatic heterocycles. The fourth-order valence-corrected chi connectivity index (χ4v) is 3.61. The molecule has 8 heteroatoms. The number of aliphatic imine (C=N–C) groups is 1. The van der Waals surface area contributed by atoms with Crippen LogP contribution in [-0.4, -0.2) is 51.1 Å². The van der Waals surface area contributed by atoms with Gasteiger partial charge in [-0.25, -0.2) is 13.2 Å². The van der Waals surface area contributed by atoms with Crippen LogP contribution in [0.3, 0.4) is 0 Å². The highest BCUT2D eigenvalue weighted by Crippen LogP contribution is 2.24. The standard InChI is InChI=1S/C22H28F3N5/c1-26-22(27-12-15-4-6-19(24)16(10-15)13-29(2)3)28-18-8-9-30(14-18)21-7-5-17(23)11-20(21)25/h4-7,10-11,18H,8-9,12-14H2,1-3H3,(H2,26,27,28). The average Bonchev–Trinajstić information content (AvgIpc) is 3.15. The van der Waals surface area contributed by atoms with Gasteiger partial charge >= 0.3 is 0 Å². The third-order valence-electron chi connectivity index (χ3n) is 5.06. The molecule has 1 heterocycles. The van der Waals surface area contributed by atoms with Crippen molar-refractivity contribution in [3.63, 3.8) is 0 Å². The van der Waals surface area contributed by atoms with Crippen molar-refractivity contribution in [3.05, 3.63) is 65.0 Å². The third-order valence-corrected chi connectivity index (χ3v) is 5.06.